The van der Waals surface area contributed by atoms with Crippen LogP contribution < -0.4 is 0 Å². The normalized spacial score (nSPS) is 26.8. The molecule has 2 N–H and O–H groups in total. The summed E-state index contributed by atoms with van der Waals surface area (Å²) in [5, 5.41) is 31.7. The van der Waals surface area contributed by atoms with Crippen molar-refractivity contribution in [3.05, 3.63) is 39.7 Å². The second-order valence-electron chi connectivity index (χ2n) is 6.42. The van der Waals surface area contributed by atoms with Crippen LogP contribution >= 0.6 is 50.6 Å². The molecule has 160 valence electrons. The first-order valence-corrected chi connectivity index (χ1v) is 11.7. The third kappa shape index (κ3) is 4.55. The third-order valence-corrected chi connectivity index (χ3v) is 7.27. The molecule has 0 aliphatic carbocycles. The van der Waals surface area contributed by atoms with Crippen molar-refractivity contribution in [1.82, 2.24) is 25.0 Å². The summed E-state index contributed by atoms with van der Waals surface area (Å²) in [6.07, 6.45) is 2.61. The van der Waals surface area contributed by atoms with Crippen LogP contribution in [-0.4, -0.2) is 72.6 Å². The van der Waals surface area contributed by atoms with E-state index in [1.54, 1.807) is 24.0 Å². The van der Waals surface area contributed by atoms with E-state index in [0.29, 0.717) is 15.9 Å². The van der Waals surface area contributed by atoms with Gasteiger partial charge < -0.3 is 19.7 Å². The number of aliphatic hydroxyl groups is 2. The Balaban J connectivity index is 1.65. The van der Waals surface area contributed by atoms with Gasteiger partial charge in [-0.3, -0.25) is 4.98 Å². The lowest BCUT2D eigenvalue weighted by atomic mass is 9.97. The Morgan fingerprint density at radius 3 is 2.93 bits per heavy atom. The zero-order valence-corrected chi connectivity index (χ0v) is 19.5. The number of aromatic nitrogens is 5. The molecule has 3 aromatic rings. The number of aliphatic hydroxyl groups excluding tert-OH is 2. The van der Waals surface area contributed by atoms with E-state index in [9.17, 15) is 10.2 Å². The zero-order valence-electron chi connectivity index (χ0n) is 15.5. The molecule has 0 amide bonds. The zero-order chi connectivity index (χ0) is 21.3. The second kappa shape index (κ2) is 9.57. The second-order valence-corrected chi connectivity index (χ2v) is 9.76. The molecule has 30 heavy (non-hydrogen) atoms. The lowest BCUT2D eigenvalue weighted by Crippen LogP contribution is -2.55. The molecule has 4 heterocycles. The molecule has 4 rings (SSSR count). The molecule has 1 saturated heterocycles. The first kappa shape index (κ1) is 22.1. The number of methoxy groups -OCH3 is 1. The van der Waals surface area contributed by atoms with Gasteiger partial charge in [0.15, 0.2) is 0 Å². The Morgan fingerprint density at radius 1 is 1.43 bits per heavy atom. The van der Waals surface area contributed by atoms with Gasteiger partial charge in [-0.25, -0.2) is 9.67 Å². The summed E-state index contributed by atoms with van der Waals surface area (Å²) in [5.74, 6) is 0. The standard InChI is InChI=1S/C17H17BrClN5O4S2/c1-27-15-13(24-5-10(22-23-24)16-21-12(19)7-29-16)14(26)11(6-25)28-17(15)30-9-2-8(18)3-20-4-9/h2-5,7,11,13-15,17,25-26H,6H2,1H3. The SMILES string of the molecule is COC1C(Sc2cncc(Br)c2)OC(CO)C(O)C1n1cc(-c2nc(Cl)cs2)nn1. The van der Waals surface area contributed by atoms with Crippen LogP contribution in [0.2, 0.25) is 5.15 Å². The van der Waals surface area contributed by atoms with Crippen LogP contribution in [0.15, 0.2) is 39.4 Å². The van der Waals surface area contributed by atoms with Crippen LogP contribution in [0.1, 0.15) is 6.04 Å². The van der Waals surface area contributed by atoms with Crippen molar-refractivity contribution in [2.24, 2.45) is 0 Å². The predicted octanol–water partition coefficient (Wildman–Crippen LogP) is 2.64. The average Bonchev–Trinajstić information content (AvgIpc) is 3.37. The molecule has 9 nitrogen and oxygen atoms in total. The number of pyridine rings is 1. The van der Waals surface area contributed by atoms with Crippen molar-refractivity contribution in [3.8, 4) is 10.7 Å². The number of hydrogen-bond acceptors (Lipinski definition) is 10. The highest BCUT2D eigenvalue weighted by Crippen LogP contribution is 2.40. The molecule has 3 aromatic heterocycles. The van der Waals surface area contributed by atoms with Crippen LogP contribution in [0, 0.1) is 0 Å². The molecule has 5 atom stereocenters. The van der Waals surface area contributed by atoms with Gasteiger partial charge in [-0.05, 0) is 22.0 Å². The lowest BCUT2D eigenvalue weighted by molar-refractivity contribution is -0.186. The number of thioether (sulfide) groups is 1. The molecular weight excluding hydrogens is 518 g/mol. The van der Waals surface area contributed by atoms with Gasteiger partial charge in [-0.1, -0.05) is 28.6 Å². The maximum absolute atomic E-state index is 10.9. The Morgan fingerprint density at radius 2 is 2.27 bits per heavy atom. The highest BCUT2D eigenvalue weighted by Gasteiger charge is 2.47. The van der Waals surface area contributed by atoms with Gasteiger partial charge >= 0.3 is 0 Å². The van der Waals surface area contributed by atoms with Crippen molar-refractivity contribution in [2.75, 3.05) is 13.7 Å². The summed E-state index contributed by atoms with van der Waals surface area (Å²) in [6.45, 7) is -0.356. The van der Waals surface area contributed by atoms with E-state index < -0.39 is 29.8 Å². The summed E-state index contributed by atoms with van der Waals surface area (Å²) < 4.78 is 14.0. The topological polar surface area (TPSA) is 115 Å². The smallest absolute Gasteiger partial charge is 0.147 e. The van der Waals surface area contributed by atoms with E-state index >= 15 is 0 Å². The van der Waals surface area contributed by atoms with E-state index in [1.165, 1.54) is 34.9 Å². The van der Waals surface area contributed by atoms with Gasteiger partial charge in [0, 0.05) is 34.3 Å². The number of hydrogen-bond donors (Lipinski definition) is 2. The van der Waals surface area contributed by atoms with Crippen molar-refractivity contribution in [2.45, 2.75) is 34.7 Å². The molecule has 0 saturated carbocycles. The average molecular weight is 535 g/mol. The maximum Gasteiger partial charge on any atom is 0.147 e. The largest absolute Gasteiger partial charge is 0.394 e. The molecule has 1 fully saturated rings. The van der Waals surface area contributed by atoms with E-state index in [0.717, 1.165) is 9.37 Å². The van der Waals surface area contributed by atoms with E-state index in [4.69, 9.17) is 21.1 Å². The summed E-state index contributed by atoms with van der Waals surface area (Å²) in [7, 11) is 1.54. The lowest BCUT2D eigenvalue weighted by Gasteiger charge is -2.43. The molecule has 13 heteroatoms. The first-order chi connectivity index (χ1) is 14.5. The highest BCUT2D eigenvalue weighted by atomic mass is 79.9. The van der Waals surface area contributed by atoms with Crippen LogP contribution in [-0.2, 0) is 9.47 Å². The highest BCUT2D eigenvalue weighted by molar-refractivity contribution is 9.10. The summed E-state index contributed by atoms with van der Waals surface area (Å²) >= 11 is 12.0. The molecule has 5 unspecified atom stereocenters. The monoisotopic (exact) mass is 533 g/mol. The predicted molar refractivity (Wildman–Crippen MR) is 116 cm³/mol. The van der Waals surface area contributed by atoms with Crippen molar-refractivity contribution in [3.63, 3.8) is 0 Å². The maximum atomic E-state index is 10.9. The number of halogens is 2. The van der Waals surface area contributed by atoms with Crippen molar-refractivity contribution < 1.29 is 19.7 Å². The van der Waals surface area contributed by atoms with Gasteiger partial charge in [-0.15, -0.1) is 16.4 Å². The van der Waals surface area contributed by atoms with Gasteiger partial charge in [0.1, 0.15) is 45.6 Å². The quantitative estimate of drug-likeness (QED) is 0.492. The Bertz CT molecular complexity index is 1010. The van der Waals surface area contributed by atoms with Gasteiger partial charge in [0.2, 0.25) is 0 Å². The van der Waals surface area contributed by atoms with Crippen LogP contribution in [0.5, 0.6) is 0 Å². The third-order valence-electron chi connectivity index (χ3n) is 4.54. The molecule has 0 aromatic carbocycles. The molecule has 0 radical (unpaired) electrons. The van der Waals surface area contributed by atoms with Crippen LogP contribution in [0.3, 0.4) is 0 Å². The van der Waals surface area contributed by atoms with Gasteiger partial charge in [0.25, 0.3) is 0 Å². The Labute approximate surface area is 193 Å². The van der Waals surface area contributed by atoms with Crippen molar-refractivity contribution in [1.29, 1.82) is 0 Å². The van der Waals surface area contributed by atoms with E-state index in [2.05, 4.69) is 36.2 Å². The summed E-state index contributed by atoms with van der Waals surface area (Å²) in [5.41, 5.74) is -0.00000592. The van der Waals surface area contributed by atoms with E-state index in [-0.39, 0.29) is 6.61 Å². The summed E-state index contributed by atoms with van der Waals surface area (Å²) in [4.78, 5) is 9.21. The fourth-order valence-electron chi connectivity index (χ4n) is 3.19. The molecule has 1 aliphatic heterocycles. The first-order valence-electron chi connectivity index (χ1n) is 8.77. The van der Waals surface area contributed by atoms with Crippen molar-refractivity contribution >= 4 is 50.6 Å². The number of ether oxygens (including phenoxy) is 2. The minimum Gasteiger partial charge on any atom is -0.394 e. The Kier molecular flexibility index (Phi) is 7.05. The van der Waals surface area contributed by atoms with Crippen LogP contribution in [0.25, 0.3) is 10.7 Å². The Hall–Kier alpha value is -1.12. The fraction of sp³-hybridized carbons (Fsp3) is 0.412. The number of thiazole rings is 1. The molecule has 0 bridgehead atoms. The molecule has 1 aliphatic rings. The van der Waals surface area contributed by atoms with Crippen LogP contribution in [0.4, 0.5) is 0 Å². The number of nitrogens with zero attached hydrogens (tertiary/aromatic N) is 5. The minimum absolute atomic E-state index is 0.356. The molecular formula is C17H17BrClN5O4S2. The van der Waals surface area contributed by atoms with E-state index in [1.807, 2.05) is 6.07 Å². The fourth-order valence-corrected chi connectivity index (χ4v) is 5.79. The summed E-state index contributed by atoms with van der Waals surface area (Å²) in [6, 6.07) is 1.26. The van der Waals surface area contributed by atoms with Gasteiger partial charge in [-0.2, -0.15) is 0 Å². The number of rotatable bonds is 6. The minimum atomic E-state index is -1.06. The molecule has 0 spiro atoms. The van der Waals surface area contributed by atoms with Gasteiger partial charge in [0.05, 0.1) is 12.8 Å².